The molecule has 0 spiro atoms. The molecule has 0 aliphatic rings. The topological polar surface area (TPSA) is 84.9 Å². The zero-order chi connectivity index (χ0) is 18.8. The Hall–Kier alpha value is -2.86. The maximum atomic E-state index is 12.4. The number of rotatable bonds is 10. The predicted molar refractivity (Wildman–Crippen MR) is 97.6 cm³/mol. The first-order chi connectivity index (χ1) is 12.6. The summed E-state index contributed by atoms with van der Waals surface area (Å²) in [6.07, 6.45) is 0.754. The summed E-state index contributed by atoms with van der Waals surface area (Å²) >= 11 is 0. The first-order valence-electron chi connectivity index (χ1n) is 8.39. The van der Waals surface area contributed by atoms with Crippen LogP contribution in [-0.2, 0) is 9.53 Å². The van der Waals surface area contributed by atoms with E-state index in [1.54, 1.807) is 55.6 Å². The molecule has 0 aliphatic carbocycles. The molecule has 6 nitrogen and oxygen atoms in total. The summed E-state index contributed by atoms with van der Waals surface area (Å²) in [5.41, 5.74) is 1.07. The maximum Gasteiger partial charge on any atom is 0.312 e. The number of carbonyl (C=O) groups is 2. The number of benzene rings is 2. The van der Waals surface area contributed by atoms with Gasteiger partial charge in [0, 0.05) is 32.2 Å². The Bertz CT molecular complexity index is 717. The van der Waals surface area contributed by atoms with E-state index < -0.39 is 11.9 Å². The summed E-state index contributed by atoms with van der Waals surface area (Å²) in [5.74, 6) is -1.53. The molecule has 2 rings (SSSR count). The van der Waals surface area contributed by atoms with Gasteiger partial charge in [-0.15, -0.1) is 0 Å². The molecular weight excluding hydrogens is 334 g/mol. The third-order valence-electron chi connectivity index (χ3n) is 3.82. The van der Waals surface area contributed by atoms with Gasteiger partial charge in [-0.05, 0) is 23.8 Å². The van der Waals surface area contributed by atoms with Crippen molar-refractivity contribution in [1.82, 2.24) is 5.32 Å². The van der Waals surface area contributed by atoms with Crippen molar-refractivity contribution in [2.75, 3.05) is 26.9 Å². The van der Waals surface area contributed by atoms with Gasteiger partial charge in [0.25, 0.3) is 5.91 Å². The van der Waals surface area contributed by atoms with Crippen LogP contribution >= 0.6 is 0 Å². The van der Waals surface area contributed by atoms with Crippen LogP contribution in [0.15, 0.2) is 54.6 Å². The van der Waals surface area contributed by atoms with Crippen LogP contribution < -0.4 is 10.1 Å². The second kappa shape index (κ2) is 10.2. The maximum absolute atomic E-state index is 12.4. The Balaban J connectivity index is 1.95. The quantitative estimate of drug-likeness (QED) is 0.639. The molecule has 2 N–H and O–H groups in total. The van der Waals surface area contributed by atoms with Gasteiger partial charge in [-0.25, -0.2) is 0 Å². The van der Waals surface area contributed by atoms with E-state index in [4.69, 9.17) is 9.47 Å². The van der Waals surface area contributed by atoms with Crippen molar-refractivity contribution >= 4 is 11.9 Å². The number of nitrogens with one attached hydrogen (secondary N) is 1. The number of methoxy groups -OCH3 is 1. The van der Waals surface area contributed by atoms with E-state index in [1.807, 2.05) is 6.07 Å². The molecule has 0 bridgehead atoms. The predicted octanol–water partition coefficient (Wildman–Crippen LogP) is 2.70. The zero-order valence-electron chi connectivity index (χ0n) is 14.7. The second-order valence-corrected chi connectivity index (χ2v) is 5.73. The Morgan fingerprint density at radius 1 is 1.08 bits per heavy atom. The smallest absolute Gasteiger partial charge is 0.312 e. The van der Waals surface area contributed by atoms with Crippen LogP contribution in [0.3, 0.4) is 0 Å². The average Bonchev–Trinajstić information content (AvgIpc) is 2.66. The number of carbonyl (C=O) groups excluding carboxylic acids is 1. The lowest BCUT2D eigenvalue weighted by molar-refractivity contribution is -0.138. The Kier molecular flexibility index (Phi) is 7.64. The molecule has 0 fully saturated rings. The van der Waals surface area contributed by atoms with E-state index in [1.165, 1.54) is 0 Å². The summed E-state index contributed by atoms with van der Waals surface area (Å²) in [4.78, 5) is 23.8. The van der Waals surface area contributed by atoms with E-state index in [9.17, 15) is 14.7 Å². The molecule has 0 saturated heterocycles. The lowest BCUT2D eigenvalue weighted by Gasteiger charge is -2.14. The van der Waals surface area contributed by atoms with Gasteiger partial charge in [0.1, 0.15) is 5.75 Å². The normalized spacial score (nSPS) is 11.6. The molecule has 26 heavy (non-hydrogen) atoms. The molecule has 2 aromatic carbocycles. The van der Waals surface area contributed by atoms with Crippen LogP contribution in [0.5, 0.6) is 5.75 Å². The first kappa shape index (κ1) is 19.5. The van der Waals surface area contributed by atoms with Crippen molar-refractivity contribution in [2.24, 2.45) is 0 Å². The van der Waals surface area contributed by atoms with Crippen LogP contribution in [0, 0.1) is 0 Å². The van der Waals surface area contributed by atoms with Gasteiger partial charge >= 0.3 is 5.97 Å². The minimum Gasteiger partial charge on any atom is -0.493 e. The molecule has 0 saturated carbocycles. The first-order valence-corrected chi connectivity index (χ1v) is 8.39. The molecule has 2 aromatic rings. The van der Waals surface area contributed by atoms with Crippen molar-refractivity contribution < 1.29 is 24.2 Å². The molecule has 1 amide bonds. The van der Waals surface area contributed by atoms with Crippen LogP contribution in [0.2, 0.25) is 0 Å². The summed E-state index contributed by atoms with van der Waals surface area (Å²) in [6.45, 7) is 1.11. The van der Waals surface area contributed by atoms with Gasteiger partial charge in [0.2, 0.25) is 0 Å². The highest BCUT2D eigenvalue weighted by Gasteiger charge is 2.20. The Labute approximate surface area is 152 Å². The SMILES string of the molecule is COCCCOc1cccc(C(=O)NCC(C(=O)O)c2ccccc2)c1. The highest BCUT2D eigenvalue weighted by Crippen LogP contribution is 2.16. The Morgan fingerprint density at radius 2 is 1.85 bits per heavy atom. The van der Waals surface area contributed by atoms with Gasteiger partial charge in [0.15, 0.2) is 0 Å². The molecule has 138 valence electrons. The van der Waals surface area contributed by atoms with E-state index >= 15 is 0 Å². The number of carboxylic acid groups (broad SMARTS) is 1. The van der Waals surface area contributed by atoms with Crippen LogP contribution in [-0.4, -0.2) is 43.9 Å². The highest BCUT2D eigenvalue weighted by atomic mass is 16.5. The highest BCUT2D eigenvalue weighted by molar-refractivity contribution is 5.95. The zero-order valence-corrected chi connectivity index (χ0v) is 14.7. The van der Waals surface area contributed by atoms with Crippen molar-refractivity contribution in [1.29, 1.82) is 0 Å². The third-order valence-corrected chi connectivity index (χ3v) is 3.82. The third kappa shape index (κ3) is 5.89. The fourth-order valence-corrected chi connectivity index (χ4v) is 2.45. The molecule has 1 unspecified atom stereocenters. The summed E-state index contributed by atoms with van der Waals surface area (Å²) in [7, 11) is 1.63. The lowest BCUT2D eigenvalue weighted by atomic mass is 9.99. The molecule has 0 radical (unpaired) electrons. The van der Waals surface area contributed by atoms with E-state index in [-0.39, 0.29) is 12.5 Å². The number of ether oxygens (including phenoxy) is 2. The molecule has 0 aromatic heterocycles. The molecule has 1 atom stereocenters. The van der Waals surface area contributed by atoms with Crippen molar-refractivity contribution in [3.05, 3.63) is 65.7 Å². The molecule has 0 heterocycles. The average molecular weight is 357 g/mol. The largest absolute Gasteiger partial charge is 0.493 e. The number of carboxylic acids is 1. The van der Waals surface area contributed by atoms with Gasteiger partial charge in [-0.1, -0.05) is 36.4 Å². The monoisotopic (exact) mass is 357 g/mol. The van der Waals surface area contributed by atoms with Gasteiger partial charge < -0.3 is 19.9 Å². The van der Waals surface area contributed by atoms with Gasteiger partial charge in [-0.2, -0.15) is 0 Å². The number of hydrogen-bond acceptors (Lipinski definition) is 4. The van der Waals surface area contributed by atoms with Crippen molar-refractivity contribution in [3.8, 4) is 5.75 Å². The van der Waals surface area contributed by atoms with Crippen LogP contribution in [0.1, 0.15) is 28.3 Å². The van der Waals surface area contributed by atoms with Crippen LogP contribution in [0.4, 0.5) is 0 Å². The number of amides is 1. The minimum absolute atomic E-state index is 0.0110. The second-order valence-electron chi connectivity index (χ2n) is 5.73. The fourth-order valence-electron chi connectivity index (χ4n) is 2.45. The van der Waals surface area contributed by atoms with Crippen molar-refractivity contribution in [2.45, 2.75) is 12.3 Å². The van der Waals surface area contributed by atoms with E-state index in [0.29, 0.717) is 30.1 Å². The van der Waals surface area contributed by atoms with E-state index in [2.05, 4.69) is 5.32 Å². The summed E-state index contributed by atoms with van der Waals surface area (Å²) in [6, 6.07) is 15.6. The van der Waals surface area contributed by atoms with Gasteiger partial charge in [-0.3, -0.25) is 9.59 Å². The fraction of sp³-hybridized carbons (Fsp3) is 0.300. The van der Waals surface area contributed by atoms with Crippen molar-refractivity contribution in [3.63, 3.8) is 0 Å². The Morgan fingerprint density at radius 3 is 2.54 bits per heavy atom. The number of aliphatic carboxylic acids is 1. The molecule has 6 heteroatoms. The number of hydrogen-bond donors (Lipinski definition) is 2. The lowest BCUT2D eigenvalue weighted by Crippen LogP contribution is -2.31. The minimum atomic E-state index is -0.980. The standard InChI is InChI=1S/C20H23NO5/c1-25-11-6-12-26-17-10-5-9-16(13-17)19(22)21-14-18(20(23)24)15-7-3-2-4-8-15/h2-5,7-10,13,18H,6,11-12,14H2,1H3,(H,21,22)(H,23,24). The molecule has 0 aliphatic heterocycles. The van der Waals surface area contributed by atoms with Crippen LogP contribution in [0.25, 0.3) is 0 Å². The summed E-state index contributed by atoms with van der Waals surface area (Å²) in [5, 5.41) is 12.1. The van der Waals surface area contributed by atoms with E-state index in [0.717, 1.165) is 6.42 Å². The summed E-state index contributed by atoms with van der Waals surface area (Å²) < 4.78 is 10.5. The molecular formula is C20H23NO5. The van der Waals surface area contributed by atoms with Gasteiger partial charge in [0.05, 0.1) is 12.5 Å².